The lowest BCUT2D eigenvalue weighted by atomic mass is 10.1. The highest BCUT2D eigenvalue weighted by Crippen LogP contribution is 2.24. The van der Waals surface area contributed by atoms with Gasteiger partial charge in [-0.25, -0.2) is 4.68 Å². The standard InChI is InChI=1S/C10H15BrN6/c1-4-6-5-7(16(2)14-6)8(12)9-10(11)13-15-17(9)3/h5,8H,4,12H2,1-3H3. The number of nitrogens with two attached hydrogens (primary N) is 1. The molecule has 0 aliphatic carbocycles. The van der Waals surface area contributed by atoms with E-state index in [1.54, 1.807) is 4.68 Å². The molecule has 2 rings (SSSR count). The van der Waals surface area contributed by atoms with E-state index in [1.807, 2.05) is 24.8 Å². The summed E-state index contributed by atoms with van der Waals surface area (Å²) in [6.07, 6.45) is 0.894. The molecule has 2 N–H and O–H groups in total. The normalized spacial score (nSPS) is 13.0. The molecule has 92 valence electrons. The lowest BCUT2D eigenvalue weighted by Crippen LogP contribution is -2.19. The highest BCUT2D eigenvalue weighted by atomic mass is 79.9. The summed E-state index contributed by atoms with van der Waals surface area (Å²) in [5.41, 5.74) is 9.07. The van der Waals surface area contributed by atoms with Gasteiger partial charge in [-0.15, -0.1) is 5.10 Å². The predicted molar refractivity (Wildman–Crippen MR) is 67.3 cm³/mol. The van der Waals surface area contributed by atoms with Gasteiger partial charge in [0.15, 0.2) is 4.60 Å². The van der Waals surface area contributed by atoms with Crippen molar-refractivity contribution in [3.05, 3.63) is 27.8 Å². The van der Waals surface area contributed by atoms with Crippen LogP contribution in [0.4, 0.5) is 0 Å². The van der Waals surface area contributed by atoms with Gasteiger partial charge in [0, 0.05) is 14.1 Å². The Kier molecular flexibility index (Phi) is 3.30. The Hall–Kier alpha value is -1.21. The summed E-state index contributed by atoms with van der Waals surface area (Å²) in [6.45, 7) is 2.07. The molecule has 0 saturated heterocycles. The maximum absolute atomic E-state index is 6.24. The molecule has 0 radical (unpaired) electrons. The van der Waals surface area contributed by atoms with Crippen molar-refractivity contribution in [1.29, 1.82) is 0 Å². The number of aryl methyl sites for hydroxylation is 3. The Morgan fingerprint density at radius 1 is 1.41 bits per heavy atom. The molecular formula is C10H15BrN6. The predicted octanol–water partition coefficient (Wildman–Crippen LogP) is 0.922. The van der Waals surface area contributed by atoms with Gasteiger partial charge in [-0.3, -0.25) is 4.68 Å². The molecule has 0 aliphatic rings. The number of hydrogen-bond donors (Lipinski definition) is 1. The molecule has 1 unspecified atom stereocenters. The fourth-order valence-corrected chi connectivity index (χ4v) is 2.39. The maximum Gasteiger partial charge on any atom is 0.153 e. The molecule has 0 spiro atoms. The number of aromatic nitrogens is 5. The van der Waals surface area contributed by atoms with Gasteiger partial charge in [-0.1, -0.05) is 12.1 Å². The monoisotopic (exact) mass is 298 g/mol. The summed E-state index contributed by atoms with van der Waals surface area (Å²) in [6, 6.07) is 1.73. The van der Waals surface area contributed by atoms with Gasteiger partial charge >= 0.3 is 0 Å². The smallest absolute Gasteiger partial charge is 0.153 e. The van der Waals surface area contributed by atoms with Crippen molar-refractivity contribution in [2.75, 3.05) is 0 Å². The molecule has 1 atom stereocenters. The number of rotatable bonds is 3. The topological polar surface area (TPSA) is 74.5 Å². The largest absolute Gasteiger partial charge is 0.318 e. The Morgan fingerprint density at radius 2 is 2.12 bits per heavy atom. The molecule has 6 nitrogen and oxygen atoms in total. The zero-order valence-corrected chi connectivity index (χ0v) is 11.6. The number of halogens is 1. The molecule has 0 saturated carbocycles. The Morgan fingerprint density at radius 3 is 2.59 bits per heavy atom. The van der Waals surface area contributed by atoms with Crippen LogP contribution in [0.25, 0.3) is 0 Å². The lowest BCUT2D eigenvalue weighted by Gasteiger charge is -2.11. The van der Waals surface area contributed by atoms with Crippen LogP contribution in [0.3, 0.4) is 0 Å². The van der Waals surface area contributed by atoms with E-state index in [2.05, 4.69) is 38.3 Å². The van der Waals surface area contributed by atoms with E-state index in [4.69, 9.17) is 5.73 Å². The molecule has 0 bridgehead atoms. The highest BCUT2D eigenvalue weighted by Gasteiger charge is 2.21. The third kappa shape index (κ3) is 2.12. The van der Waals surface area contributed by atoms with Crippen molar-refractivity contribution in [1.82, 2.24) is 24.8 Å². The molecule has 17 heavy (non-hydrogen) atoms. The van der Waals surface area contributed by atoms with Crippen LogP contribution in [0.1, 0.15) is 30.0 Å². The van der Waals surface area contributed by atoms with E-state index in [1.165, 1.54) is 0 Å². The second-order valence-corrected chi connectivity index (χ2v) is 4.66. The number of nitrogens with zero attached hydrogens (tertiary/aromatic N) is 5. The van der Waals surface area contributed by atoms with Crippen LogP contribution in [0, 0.1) is 0 Å². The average molecular weight is 299 g/mol. The molecule has 2 aromatic rings. The first-order chi connectivity index (χ1) is 8.04. The van der Waals surface area contributed by atoms with E-state index < -0.39 is 0 Å². The molecule has 0 aromatic carbocycles. The van der Waals surface area contributed by atoms with Crippen LogP contribution >= 0.6 is 15.9 Å². The minimum absolute atomic E-state index is 0.290. The third-order valence-corrected chi connectivity index (χ3v) is 3.33. The first-order valence-corrected chi connectivity index (χ1v) is 6.17. The summed E-state index contributed by atoms with van der Waals surface area (Å²) < 4.78 is 4.16. The van der Waals surface area contributed by atoms with E-state index in [0.29, 0.717) is 4.60 Å². The van der Waals surface area contributed by atoms with Gasteiger partial charge in [0.25, 0.3) is 0 Å². The van der Waals surface area contributed by atoms with Crippen molar-refractivity contribution in [3.63, 3.8) is 0 Å². The second-order valence-electron chi connectivity index (χ2n) is 3.90. The Bertz CT molecular complexity index is 509. The quantitative estimate of drug-likeness (QED) is 0.914. The first-order valence-electron chi connectivity index (χ1n) is 5.38. The van der Waals surface area contributed by atoms with E-state index >= 15 is 0 Å². The highest BCUT2D eigenvalue weighted by molar-refractivity contribution is 9.10. The van der Waals surface area contributed by atoms with Crippen molar-refractivity contribution in [2.45, 2.75) is 19.4 Å². The Labute approximate surface area is 108 Å². The maximum atomic E-state index is 6.24. The molecular weight excluding hydrogens is 284 g/mol. The van der Waals surface area contributed by atoms with E-state index in [9.17, 15) is 0 Å². The summed E-state index contributed by atoms with van der Waals surface area (Å²) >= 11 is 3.36. The minimum Gasteiger partial charge on any atom is -0.318 e. The van der Waals surface area contributed by atoms with Crippen LogP contribution < -0.4 is 5.73 Å². The molecule has 2 aromatic heterocycles. The van der Waals surface area contributed by atoms with Gasteiger partial charge < -0.3 is 5.73 Å². The van der Waals surface area contributed by atoms with Crippen LogP contribution in [-0.4, -0.2) is 24.8 Å². The van der Waals surface area contributed by atoms with E-state index in [0.717, 1.165) is 23.5 Å². The Balaban J connectivity index is 2.43. The van der Waals surface area contributed by atoms with Crippen LogP contribution in [0.2, 0.25) is 0 Å². The van der Waals surface area contributed by atoms with Crippen LogP contribution in [0.15, 0.2) is 10.7 Å². The molecule has 2 heterocycles. The first kappa shape index (κ1) is 12.3. The lowest BCUT2D eigenvalue weighted by molar-refractivity contribution is 0.610. The van der Waals surface area contributed by atoms with Gasteiger partial charge in [-0.05, 0) is 28.4 Å². The summed E-state index contributed by atoms with van der Waals surface area (Å²) in [7, 11) is 3.72. The fraction of sp³-hybridized carbons (Fsp3) is 0.500. The average Bonchev–Trinajstić information content (AvgIpc) is 2.82. The summed E-state index contributed by atoms with van der Waals surface area (Å²) in [5.74, 6) is 0. The zero-order valence-electron chi connectivity index (χ0n) is 10.1. The third-order valence-electron chi connectivity index (χ3n) is 2.77. The van der Waals surface area contributed by atoms with Gasteiger partial charge in [0.05, 0.1) is 23.1 Å². The van der Waals surface area contributed by atoms with Gasteiger partial charge in [0.1, 0.15) is 0 Å². The molecule has 0 amide bonds. The van der Waals surface area contributed by atoms with E-state index in [-0.39, 0.29) is 6.04 Å². The van der Waals surface area contributed by atoms with Crippen LogP contribution in [0.5, 0.6) is 0 Å². The second kappa shape index (κ2) is 4.58. The molecule has 7 heteroatoms. The van der Waals surface area contributed by atoms with Crippen molar-refractivity contribution in [2.24, 2.45) is 19.8 Å². The number of hydrogen-bond acceptors (Lipinski definition) is 4. The summed E-state index contributed by atoms with van der Waals surface area (Å²) in [4.78, 5) is 0. The zero-order chi connectivity index (χ0) is 12.6. The molecule has 0 fully saturated rings. The fourth-order valence-electron chi connectivity index (χ4n) is 1.82. The SMILES string of the molecule is CCc1cc(C(N)c2c(Br)nnn2C)n(C)n1. The van der Waals surface area contributed by atoms with Gasteiger partial charge in [0.2, 0.25) is 0 Å². The molecule has 0 aliphatic heterocycles. The minimum atomic E-state index is -0.290. The van der Waals surface area contributed by atoms with Crippen LogP contribution in [-0.2, 0) is 20.5 Å². The summed E-state index contributed by atoms with van der Waals surface area (Å²) in [5, 5.41) is 12.3. The van der Waals surface area contributed by atoms with Gasteiger partial charge in [-0.2, -0.15) is 5.10 Å². The van der Waals surface area contributed by atoms with Crippen molar-refractivity contribution >= 4 is 15.9 Å². The van der Waals surface area contributed by atoms with Crippen molar-refractivity contribution < 1.29 is 0 Å². The van der Waals surface area contributed by atoms with Crippen molar-refractivity contribution in [3.8, 4) is 0 Å².